The first-order valence-corrected chi connectivity index (χ1v) is 9.64. The van der Waals surface area contributed by atoms with E-state index in [1.54, 1.807) is 7.11 Å². The van der Waals surface area contributed by atoms with Gasteiger partial charge in [0.15, 0.2) is 0 Å². The van der Waals surface area contributed by atoms with E-state index in [2.05, 4.69) is 60.7 Å². The topological polar surface area (TPSA) is 27.7 Å². The minimum absolute atomic E-state index is 0.0955. The van der Waals surface area contributed by atoms with Crippen molar-refractivity contribution in [1.29, 1.82) is 0 Å². The van der Waals surface area contributed by atoms with Crippen molar-refractivity contribution in [1.82, 2.24) is 0 Å². The highest BCUT2D eigenvalue weighted by atomic mass is 16.5. The van der Waals surface area contributed by atoms with Crippen molar-refractivity contribution in [3.05, 3.63) is 77.9 Å². The summed E-state index contributed by atoms with van der Waals surface area (Å²) in [6.07, 6.45) is 2.18. The van der Waals surface area contributed by atoms with E-state index in [0.29, 0.717) is 12.5 Å². The Labute approximate surface area is 160 Å². The van der Waals surface area contributed by atoms with Gasteiger partial charge in [0.05, 0.1) is 6.10 Å². The first-order chi connectivity index (χ1) is 13.3. The average molecular weight is 362 g/mol. The summed E-state index contributed by atoms with van der Waals surface area (Å²) >= 11 is 0. The smallest absolute Gasteiger partial charge is 0.120 e. The lowest BCUT2D eigenvalue weighted by molar-refractivity contribution is -0.0145. The molecular formula is C24H26O3. The standard InChI is InChI=1S/C24H26O3/c1-25-24(20-11-13-26-14-12-20)22-7-4-8-23(16-22)27-17-18-9-10-19-5-2-3-6-21(19)15-18/h2-10,15-16,20,24H,11-14,17H2,1H3. The highest BCUT2D eigenvalue weighted by molar-refractivity contribution is 5.82. The Morgan fingerprint density at radius 2 is 1.74 bits per heavy atom. The zero-order valence-electron chi connectivity index (χ0n) is 15.8. The summed E-state index contributed by atoms with van der Waals surface area (Å²) in [6.45, 7) is 2.20. The Bertz CT molecular complexity index is 883. The van der Waals surface area contributed by atoms with Gasteiger partial charge in [-0.3, -0.25) is 0 Å². The molecule has 3 heteroatoms. The predicted molar refractivity (Wildman–Crippen MR) is 108 cm³/mol. The molecule has 0 bridgehead atoms. The van der Waals surface area contributed by atoms with Crippen LogP contribution in [0.4, 0.5) is 0 Å². The summed E-state index contributed by atoms with van der Waals surface area (Å²) < 4.78 is 17.4. The van der Waals surface area contributed by atoms with Crippen molar-refractivity contribution in [2.45, 2.75) is 25.6 Å². The monoisotopic (exact) mass is 362 g/mol. The third-order valence-electron chi connectivity index (χ3n) is 5.35. The summed E-state index contributed by atoms with van der Waals surface area (Å²) in [6, 6.07) is 23.2. The Morgan fingerprint density at radius 3 is 2.56 bits per heavy atom. The zero-order chi connectivity index (χ0) is 18.5. The Morgan fingerprint density at radius 1 is 0.926 bits per heavy atom. The lowest BCUT2D eigenvalue weighted by Crippen LogP contribution is -2.23. The second-order valence-electron chi connectivity index (χ2n) is 7.15. The van der Waals surface area contributed by atoms with Crippen molar-refractivity contribution in [2.75, 3.05) is 20.3 Å². The van der Waals surface area contributed by atoms with Crippen LogP contribution >= 0.6 is 0 Å². The summed E-state index contributed by atoms with van der Waals surface area (Å²) in [5.41, 5.74) is 2.35. The molecule has 0 saturated carbocycles. The number of benzene rings is 3. The minimum Gasteiger partial charge on any atom is -0.489 e. The molecule has 1 saturated heterocycles. The summed E-state index contributed by atoms with van der Waals surface area (Å²) in [5, 5.41) is 2.49. The van der Waals surface area contributed by atoms with E-state index in [4.69, 9.17) is 14.2 Å². The van der Waals surface area contributed by atoms with E-state index in [-0.39, 0.29) is 6.10 Å². The third kappa shape index (κ3) is 4.32. The molecule has 0 aromatic heterocycles. The second kappa shape index (κ2) is 8.55. The molecule has 1 aliphatic rings. The van der Waals surface area contributed by atoms with Gasteiger partial charge in [0.25, 0.3) is 0 Å². The molecule has 27 heavy (non-hydrogen) atoms. The molecule has 0 spiro atoms. The lowest BCUT2D eigenvalue weighted by Gasteiger charge is -2.29. The van der Waals surface area contributed by atoms with Gasteiger partial charge in [-0.1, -0.05) is 48.5 Å². The molecule has 4 rings (SSSR count). The van der Waals surface area contributed by atoms with E-state index in [1.807, 2.05) is 6.07 Å². The molecule has 0 radical (unpaired) electrons. The van der Waals surface area contributed by atoms with Crippen LogP contribution in [-0.2, 0) is 16.1 Å². The maximum Gasteiger partial charge on any atom is 0.120 e. The van der Waals surface area contributed by atoms with Gasteiger partial charge in [0.2, 0.25) is 0 Å². The molecule has 0 amide bonds. The number of hydrogen-bond donors (Lipinski definition) is 0. The van der Waals surface area contributed by atoms with Crippen LogP contribution in [0.5, 0.6) is 5.75 Å². The molecule has 1 aliphatic heterocycles. The molecule has 3 aromatic rings. The zero-order valence-corrected chi connectivity index (χ0v) is 15.8. The van der Waals surface area contributed by atoms with Crippen LogP contribution in [0.25, 0.3) is 10.8 Å². The molecule has 0 aliphatic carbocycles. The fourth-order valence-corrected chi connectivity index (χ4v) is 3.90. The highest BCUT2D eigenvalue weighted by Crippen LogP contribution is 2.34. The largest absolute Gasteiger partial charge is 0.489 e. The number of hydrogen-bond acceptors (Lipinski definition) is 3. The SMILES string of the molecule is COC(c1cccc(OCc2ccc3ccccc3c2)c1)C1CCOCC1. The predicted octanol–water partition coefficient (Wildman–Crippen LogP) is 5.53. The van der Waals surface area contributed by atoms with Gasteiger partial charge in [-0.2, -0.15) is 0 Å². The molecule has 1 unspecified atom stereocenters. The number of fused-ring (bicyclic) bond motifs is 1. The third-order valence-corrected chi connectivity index (χ3v) is 5.35. The van der Waals surface area contributed by atoms with Crippen LogP contribution in [0.2, 0.25) is 0 Å². The van der Waals surface area contributed by atoms with Gasteiger partial charge >= 0.3 is 0 Å². The van der Waals surface area contributed by atoms with E-state index >= 15 is 0 Å². The molecule has 3 nitrogen and oxygen atoms in total. The van der Waals surface area contributed by atoms with Gasteiger partial charge in [0.1, 0.15) is 12.4 Å². The highest BCUT2D eigenvalue weighted by Gasteiger charge is 2.25. The summed E-state index contributed by atoms with van der Waals surface area (Å²) in [4.78, 5) is 0. The summed E-state index contributed by atoms with van der Waals surface area (Å²) in [7, 11) is 1.79. The van der Waals surface area contributed by atoms with E-state index in [1.165, 1.54) is 21.9 Å². The van der Waals surface area contributed by atoms with Crippen molar-refractivity contribution in [3.63, 3.8) is 0 Å². The van der Waals surface area contributed by atoms with Gasteiger partial charge in [-0.15, -0.1) is 0 Å². The molecule has 1 atom stereocenters. The lowest BCUT2D eigenvalue weighted by atomic mass is 9.89. The average Bonchev–Trinajstić information content (AvgIpc) is 2.74. The van der Waals surface area contributed by atoms with Crippen LogP contribution < -0.4 is 4.74 Å². The maximum absolute atomic E-state index is 6.08. The van der Waals surface area contributed by atoms with Crippen LogP contribution in [0.15, 0.2) is 66.7 Å². The molecule has 3 aromatic carbocycles. The second-order valence-corrected chi connectivity index (χ2v) is 7.15. The number of methoxy groups -OCH3 is 1. The van der Waals surface area contributed by atoms with Crippen LogP contribution in [0.1, 0.15) is 30.1 Å². The van der Waals surface area contributed by atoms with E-state index in [9.17, 15) is 0 Å². The molecule has 1 fully saturated rings. The van der Waals surface area contributed by atoms with Gasteiger partial charge < -0.3 is 14.2 Å². The Balaban J connectivity index is 1.46. The van der Waals surface area contributed by atoms with Gasteiger partial charge in [-0.25, -0.2) is 0 Å². The van der Waals surface area contributed by atoms with Crippen molar-refractivity contribution < 1.29 is 14.2 Å². The van der Waals surface area contributed by atoms with E-state index in [0.717, 1.165) is 31.8 Å². The first kappa shape index (κ1) is 18.0. The van der Waals surface area contributed by atoms with Crippen molar-refractivity contribution in [3.8, 4) is 5.75 Å². The molecular weight excluding hydrogens is 336 g/mol. The summed E-state index contributed by atoms with van der Waals surface area (Å²) in [5.74, 6) is 1.38. The Hall–Kier alpha value is -2.36. The van der Waals surface area contributed by atoms with Crippen molar-refractivity contribution in [2.24, 2.45) is 5.92 Å². The fourth-order valence-electron chi connectivity index (χ4n) is 3.90. The van der Waals surface area contributed by atoms with Crippen LogP contribution in [0.3, 0.4) is 0 Å². The van der Waals surface area contributed by atoms with E-state index < -0.39 is 0 Å². The molecule has 140 valence electrons. The van der Waals surface area contributed by atoms with Gasteiger partial charge in [0, 0.05) is 20.3 Å². The first-order valence-electron chi connectivity index (χ1n) is 9.64. The number of ether oxygens (including phenoxy) is 3. The molecule has 1 heterocycles. The number of rotatable bonds is 6. The van der Waals surface area contributed by atoms with Gasteiger partial charge in [-0.05, 0) is 58.9 Å². The van der Waals surface area contributed by atoms with Crippen LogP contribution in [0, 0.1) is 5.92 Å². The molecule has 0 N–H and O–H groups in total. The normalized spacial score (nSPS) is 16.3. The Kier molecular flexibility index (Phi) is 5.71. The quantitative estimate of drug-likeness (QED) is 0.577. The fraction of sp³-hybridized carbons (Fsp3) is 0.333. The maximum atomic E-state index is 6.08. The van der Waals surface area contributed by atoms with Crippen LogP contribution in [-0.4, -0.2) is 20.3 Å². The van der Waals surface area contributed by atoms with Crippen molar-refractivity contribution >= 4 is 10.8 Å². The minimum atomic E-state index is 0.0955.